The Hall–Kier alpha value is -6.03. The van der Waals surface area contributed by atoms with Gasteiger partial charge < -0.3 is 15.4 Å². The number of carbonyl (C=O) groups is 6. The first-order chi connectivity index (χ1) is 26.0. The molecule has 54 heavy (non-hydrogen) atoms. The van der Waals surface area contributed by atoms with Crippen LogP contribution in [0.15, 0.2) is 47.5 Å². The lowest BCUT2D eigenvalue weighted by Crippen LogP contribution is -2.38. The second-order valence-corrected chi connectivity index (χ2v) is 14.1. The minimum Gasteiger partial charge on any atom is -0.483 e. The van der Waals surface area contributed by atoms with Gasteiger partial charge in [0.25, 0.3) is 23.6 Å². The maximum Gasteiger partial charge on any atom is 0.265 e. The predicted octanol–water partition coefficient (Wildman–Crippen LogP) is 3.35. The van der Waals surface area contributed by atoms with E-state index >= 15 is 0 Å². The molecule has 3 N–H and O–H groups in total. The van der Waals surface area contributed by atoms with Gasteiger partial charge in [0.2, 0.25) is 12.3 Å². The third kappa shape index (κ3) is 7.69. The molecule has 16 heteroatoms. The molecule has 2 aromatic heterocycles. The molecule has 6 rings (SSSR count). The number of hydrogen-bond acceptors (Lipinski definition) is 11. The summed E-state index contributed by atoms with van der Waals surface area (Å²) in [6, 6.07) is 12.1. The van der Waals surface area contributed by atoms with E-state index in [1.54, 1.807) is 13.0 Å². The number of imide groups is 2. The number of nitrogens with one attached hydrogen (secondary N) is 3. The monoisotopic (exact) mass is 752 g/mol. The van der Waals surface area contributed by atoms with Crippen molar-refractivity contribution in [2.75, 3.05) is 19.7 Å². The average Bonchev–Trinajstić information content (AvgIpc) is 3.73. The van der Waals surface area contributed by atoms with Crippen molar-refractivity contribution in [3.63, 3.8) is 0 Å². The van der Waals surface area contributed by atoms with E-state index in [0.29, 0.717) is 43.2 Å². The Labute approximate surface area is 315 Å². The molecule has 4 heterocycles. The van der Waals surface area contributed by atoms with Crippen molar-refractivity contribution >= 4 is 53.0 Å². The molecule has 0 radical (unpaired) electrons. The Bertz CT molecular complexity index is 2170. The number of aliphatic imine (C=N–C) groups is 1. The van der Waals surface area contributed by atoms with Crippen molar-refractivity contribution < 1.29 is 33.5 Å². The zero-order valence-corrected chi connectivity index (χ0v) is 31.2. The highest BCUT2D eigenvalue weighted by Crippen LogP contribution is 2.37. The van der Waals surface area contributed by atoms with Crippen LogP contribution >= 0.6 is 11.3 Å². The van der Waals surface area contributed by atoms with E-state index < -0.39 is 29.7 Å². The Kier molecular flexibility index (Phi) is 11.4. The Morgan fingerprint density at radius 3 is 2.43 bits per heavy atom. The van der Waals surface area contributed by atoms with Crippen LogP contribution < -0.4 is 20.7 Å². The summed E-state index contributed by atoms with van der Waals surface area (Å²) < 4.78 is 7.65. The van der Waals surface area contributed by atoms with Gasteiger partial charge in [0.1, 0.15) is 23.1 Å². The van der Waals surface area contributed by atoms with Crippen molar-refractivity contribution in [3.05, 3.63) is 92.4 Å². The van der Waals surface area contributed by atoms with Crippen molar-refractivity contribution in [1.82, 2.24) is 35.6 Å². The van der Waals surface area contributed by atoms with Gasteiger partial charge in [0.15, 0.2) is 12.4 Å². The summed E-state index contributed by atoms with van der Waals surface area (Å²) in [5, 5.41) is 17.3. The topological polar surface area (TPSA) is 194 Å². The van der Waals surface area contributed by atoms with Gasteiger partial charge in [-0.2, -0.15) is 0 Å². The van der Waals surface area contributed by atoms with Gasteiger partial charge in [-0.3, -0.25) is 48.5 Å². The van der Waals surface area contributed by atoms with E-state index in [9.17, 15) is 28.8 Å². The van der Waals surface area contributed by atoms with Crippen molar-refractivity contribution in [3.8, 4) is 10.8 Å². The number of ether oxygens (including phenoxy) is 1. The molecule has 2 aliphatic heterocycles. The average molecular weight is 753 g/mol. The van der Waals surface area contributed by atoms with Gasteiger partial charge in [0.05, 0.1) is 21.7 Å². The molecule has 1 atom stereocenters. The largest absolute Gasteiger partial charge is 0.483 e. The number of benzene rings is 2. The predicted molar refractivity (Wildman–Crippen MR) is 199 cm³/mol. The normalized spacial score (nSPS) is 13.6. The summed E-state index contributed by atoms with van der Waals surface area (Å²) in [4.78, 5) is 81.1. The van der Waals surface area contributed by atoms with Gasteiger partial charge in [-0.25, -0.2) is 0 Å². The van der Waals surface area contributed by atoms with Gasteiger partial charge >= 0.3 is 0 Å². The molecule has 0 spiro atoms. The first-order valence-electron chi connectivity index (χ1n) is 17.6. The number of nitrogens with zero attached hydrogens (tertiary/aromatic N) is 5. The molecule has 280 valence electrons. The molecule has 6 amide bonds. The number of unbranched alkanes of at least 4 members (excludes halogenated alkanes) is 1. The number of rotatable bonds is 15. The molecule has 0 bridgehead atoms. The van der Waals surface area contributed by atoms with Crippen LogP contribution in [0, 0.1) is 20.8 Å². The van der Waals surface area contributed by atoms with Crippen molar-refractivity contribution in [2.24, 2.45) is 4.99 Å². The number of amides is 6. The lowest BCUT2D eigenvalue weighted by Gasteiger charge is -2.22. The molecule has 0 saturated carbocycles. The van der Waals surface area contributed by atoms with E-state index in [4.69, 9.17) is 9.73 Å². The molecule has 2 aromatic carbocycles. The van der Waals surface area contributed by atoms with E-state index in [-0.39, 0.29) is 48.6 Å². The van der Waals surface area contributed by atoms with Crippen LogP contribution in [-0.2, 0) is 20.9 Å². The summed E-state index contributed by atoms with van der Waals surface area (Å²) in [5.41, 5.74) is 4.84. The fourth-order valence-corrected chi connectivity index (χ4v) is 7.75. The van der Waals surface area contributed by atoms with Gasteiger partial charge in [-0.15, -0.1) is 21.5 Å². The molecule has 0 saturated heterocycles. The number of aryl methyl sites for hydroxylation is 2. The lowest BCUT2D eigenvalue weighted by molar-refractivity contribution is -0.125. The van der Waals surface area contributed by atoms with Crippen LogP contribution in [-0.4, -0.2) is 87.1 Å². The quantitative estimate of drug-likeness (QED) is 0.0928. The smallest absolute Gasteiger partial charge is 0.265 e. The van der Waals surface area contributed by atoms with Crippen molar-refractivity contribution in [1.29, 1.82) is 0 Å². The maximum absolute atomic E-state index is 13.5. The fourth-order valence-electron chi connectivity index (χ4n) is 6.45. The lowest BCUT2D eigenvalue weighted by atomic mass is 9.99. The standard InChI is InChI=1S/C38H40N8O7S/c1-21-10-13-25(14-11-21)33-31-23(3)34(54-38(31)46-24(4)43-44-28(46)18-41-33)35(50)40-17-6-5-16-39-30(49)19-53-27-9-7-8-26-32(27)37(52)45(36(26)51)22(2)12-15-29(48)42-20-47/h7-11,13-14,20,22H,5-6,12,15-19H2,1-4H3,(H,39,49)(H,40,50)(H,42,47,48). The zero-order valence-electron chi connectivity index (χ0n) is 30.4. The second kappa shape index (κ2) is 16.3. The Morgan fingerprint density at radius 2 is 1.69 bits per heavy atom. The molecule has 2 aliphatic rings. The van der Waals surface area contributed by atoms with E-state index in [1.807, 2.05) is 54.9 Å². The molecule has 4 aromatic rings. The van der Waals surface area contributed by atoms with Crippen LogP contribution in [0.4, 0.5) is 0 Å². The number of fused-ring (bicyclic) bond motifs is 4. The first-order valence-corrected chi connectivity index (χ1v) is 18.4. The second-order valence-electron chi connectivity index (χ2n) is 13.1. The van der Waals surface area contributed by atoms with Gasteiger partial charge in [0, 0.05) is 36.7 Å². The minimum atomic E-state index is -0.612. The maximum atomic E-state index is 13.5. The van der Waals surface area contributed by atoms with Gasteiger partial charge in [-0.05, 0) is 64.7 Å². The Balaban J connectivity index is 0.993. The first kappa shape index (κ1) is 37.7. The van der Waals surface area contributed by atoms with Crippen molar-refractivity contribution in [2.45, 2.75) is 66.0 Å². The molecule has 0 fully saturated rings. The highest BCUT2D eigenvalue weighted by atomic mass is 32.1. The van der Waals surface area contributed by atoms with E-state index in [2.05, 4.69) is 20.8 Å². The van der Waals surface area contributed by atoms with Crippen LogP contribution in [0.3, 0.4) is 0 Å². The van der Waals surface area contributed by atoms with E-state index in [0.717, 1.165) is 43.7 Å². The molecule has 0 aliphatic carbocycles. The molecule has 1 unspecified atom stereocenters. The molecular weight excluding hydrogens is 713 g/mol. The summed E-state index contributed by atoms with van der Waals surface area (Å²) in [5.74, 6) is -0.691. The van der Waals surface area contributed by atoms with E-state index in [1.165, 1.54) is 23.5 Å². The summed E-state index contributed by atoms with van der Waals surface area (Å²) in [6.07, 6.45) is 1.59. The SMILES string of the molecule is Cc1ccc(C2=NCc3nnc(C)n3-c3sc(C(=O)NCCCCNC(=O)COc4cccc5c4C(=O)N(C(C)CCC(=O)NC=O)C5=O)c(C)c32)cc1. The highest BCUT2D eigenvalue weighted by molar-refractivity contribution is 7.17. The minimum absolute atomic E-state index is 0.0455. The summed E-state index contributed by atoms with van der Waals surface area (Å²) in [6.45, 7) is 8.22. The molecular formula is C38H40N8O7S. The van der Waals surface area contributed by atoms with Crippen LogP contribution in [0.1, 0.15) is 96.9 Å². The highest BCUT2D eigenvalue weighted by Gasteiger charge is 2.40. The zero-order chi connectivity index (χ0) is 38.5. The van der Waals surface area contributed by atoms with Crippen LogP contribution in [0.2, 0.25) is 0 Å². The fraction of sp³-hybridized carbons (Fsp3) is 0.342. The van der Waals surface area contributed by atoms with Crippen LogP contribution in [0.25, 0.3) is 5.00 Å². The number of hydrogen-bond donors (Lipinski definition) is 3. The third-order valence-corrected chi connectivity index (χ3v) is 10.6. The van der Waals surface area contributed by atoms with Crippen LogP contribution in [0.5, 0.6) is 5.75 Å². The number of thiophene rings is 1. The summed E-state index contributed by atoms with van der Waals surface area (Å²) in [7, 11) is 0. The summed E-state index contributed by atoms with van der Waals surface area (Å²) >= 11 is 1.39. The Morgan fingerprint density at radius 1 is 0.944 bits per heavy atom. The molecule has 15 nitrogen and oxygen atoms in total. The third-order valence-electron chi connectivity index (χ3n) is 9.30. The number of carbonyl (C=O) groups excluding carboxylic acids is 6. The van der Waals surface area contributed by atoms with Gasteiger partial charge in [-0.1, -0.05) is 35.9 Å². The number of aromatic nitrogens is 3.